The molecule has 0 bridgehead atoms. The molecule has 1 aliphatic heterocycles. The molecule has 0 aromatic heterocycles. The Kier molecular flexibility index (Phi) is 8.47. The molecular weight excluding hydrogens is 390 g/mol. The molecule has 0 unspecified atom stereocenters. The van der Waals surface area contributed by atoms with Crippen LogP contribution in [0.1, 0.15) is 24.8 Å². The minimum atomic E-state index is -0.0574. The highest BCUT2D eigenvalue weighted by molar-refractivity contribution is 5.92. The highest BCUT2D eigenvalue weighted by Gasteiger charge is 2.27. The molecule has 2 amide bonds. The Hall–Kier alpha value is -2.86. The van der Waals surface area contributed by atoms with Crippen LogP contribution in [0.25, 0.3) is 0 Å². The third-order valence-electron chi connectivity index (χ3n) is 5.62. The molecule has 31 heavy (non-hydrogen) atoms. The summed E-state index contributed by atoms with van der Waals surface area (Å²) in [7, 11) is 4.12. The largest absolute Gasteiger partial charge is 0.493 e. The average molecular weight is 424 g/mol. The second-order valence-electron chi connectivity index (χ2n) is 8.31. The number of likely N-dealkylation sites (N-methyl/N-ethyl adjacent to an activating group) is 1. The Morgan fingerprint density at radius 2 is 1.71 bits per heavy atom. The van der Waals surface area contributed by atoms with Gasteiger partial charge in [-0.3, -0.25) is 9.59 Å². The molecule has 1 saturated heterocycles. The number of hydrogen-bond acceptors (Lipinski definition) is 4. The number of rotatable bonds is 9. The number of likely N-dealkylation sites (tertiary alicyclic amines) is 1. The summed E-state index contributed by atoms with van der Waals surface area (Å²) in [4.78, 5) is 29.1. The van der Waals surface area contributed by atoms with Gasteiger partial charge in [0, 0.05) is 31.2 Å². The lowest BCUT2D eigenvalue weighted by Crippen LogP contribution is -2.41. The lowest BCUT2D eigenvalue weighted by atomic mass is 9.95. The van der Waals surface area contributed by atoms with E-state index in [4.69, 9.17) is 4.74 Å². The summed E-state index contributed by atoms with van der Waals surface area (Å²) >= 11 is 0. The van der Waals surface area contributed by atoms with Gasteiger partial charge in [0.25, 0.3) is 0 Å². The summed E-state index contributed by atoms with van der Waals surface area (Å²) in [6, 6.07) is 17.6. The fourth-order valence-corrected chi connectivity index (χ4v) is 3.67. The zero-order valence-electron chi connectivity index (χ0n) is 18.5. The van der Waals surface area contributed by atoms with Crippen LogP contribution in [0.4, 0.5) is 5.69 Å². The Morgan fingerprint density at radius 3 is 2.35 bits per heavy atom. The summed E-state index contributed by atoms with van der Waals surface area (Å²) < 4.78 is 5.61. The summed E-state index contributed by atoms with van der Waals surface area (Å²) in [5.41, 5.74) is 2.09. The number of piperidine rings is 1. The predicted molar refractivity (Wildman–Crippen MR) is 123 cm³/mol. The first-order valence-corrected chi connectivity index (χ1v) is 11.0. The third-order valence-corrected chi connectivity index (χ3v) is 5.62. The maximum Gasteiger partial charge on any atom is 0.227 e. The van der Waals surface area contributed by atoms with Crippen LogP contribution in [-0.2, 0) is 16.0 Å². The quantitative estimate of drug-likeness (QED) is 0.671. The molecule has 2 aromatic carbocycles. The lowest BCUT2D eigenvalue weighted by molar-refractivity contribution is -0.135. The molecule has 0 radical (unpaired) electrons. The number of amides is 2. The maximum absolute atomic E-state index is 12.6. The molecule has 2 aromatic rings. The van der Waals surface area contributed by atoms with Gasteiger partial charge in [0.15, 0.2) is 0 Å². The van der Waals surface area contributed by atoms with Gasteiger partial charge in [-0.15, -0.1) is 0 Å². The molecule has 6 heteroatoms. The van der Waals surface area contributed by atoms with E-state index in [1.165, 1.54) is 5.56 Å². The second-order valence-corrected chi connectivity index (χ2v) is 8.31. The normalized spacial score (nSPS) is 14.5. The fraction of sp³-hybridized carbons (Fsp3) is 0.440. The zero-order chi connectivity index (χ0) is 22.1. The highest BCUT2D eigenvalue weighted by Crippen LogP contribution is 2.21. The van der Waals surface area contributed by atoms with Gasteiger partial charge in [-0.2, -0.15) is 0 Å². The van der Waals surface area contributed by atoms with Crippen LogP contribution in [0, 0.1) is 5.92 Å². The van der Waals surface area contributed by atoms with Crippen LogP contribution < -0.4 is 10.1 Å². The van der Waals surface area contributed by atoms with E-state index in [0.29, 0.717) is 39.0 Å². The number of benzene rings is 2. The monoisotopic (exact) mass is 423 g/mol. The summed E-state index contributed by atoms with van der Waals surface area (Å²) in [5.74, 6) is 0.845. The van der Waals surface area contributed by atoms with Crippen molar-refractivity contribution in [2.45, 2.75) is 25.7 Å². The van der Waals surface area contributed by atoms with E-state index in [1.807, 2.05) is 47.4 Å². The Balaban J connectivity index is 1.37. The fourth-order valence-electron chi connectivity index (χ4n) is 3.67. The van der Waals surface area contributed by atoms with Crippen LogP contribution in [0.3, 0.4) is 0 Å². The molecular formula is C25H33N3O3. The minimum Gasteiger partial charge on any atom is -0.493 e. The minimum absolute atomic E-state index is 0.0422. The van der Waals surface area contributed by atoms with Gasteiger partial charge >= 0.3 is 0 Å². The first-order chi connectivity index (χ1) is 15.0. The van der Waals surface area contributed by atoms with E-state index >= 15 is 0 Å². The maximum atomic E-state index is 12.6. The van der Waals surface area contributed by atoms with Gasteiger partial charge in [-0.25, -0.2) is 0 Å². The molecule has 0 atom stereocenters. The van der Waals surface area contributed by atoms with Gasteiger partial charge < -0.3 is 19.9 Å². The first kappa shape index (κ1) is 22.8. The van der Waals surface area contributed by atoms with Gasteiger partial charge in [0.1, 0.15) is 5.75 Å². The third kappa shape index (κ3) is 7.40. The van der Waals surface area contributed by atoms with E-state index in [2.05, 4.69) is 36.4 Å². The van der Waals surface area contributed by atoms with Crippen molar-refractivity contribution < 1.29 is 14.3 Å². The number of nitrogens with one attached hydrogen (secondary N) is 1. The van der Waals surface area contributed by atoms with Gasteiger partial charge in [0.05, 0.1) is 13.0 Å². The van der Waals surface area contributed by atoms with Crippen molar-refractivity contribution in [3.63, 3.8) is 0 Å². The standard InChI is InChI=1S/C25H33N3O3/c1-27(2)16-12-20-8-10-22(11-9-20)26-25(30)21-13-17-28(18-14-21)24(29)15-19-31-23-6-4-3-5-7-23/h3-11,21H,12-19H2,1-2H3,(H,26,30). The van der Waals surface area contributed by atoms with Crippen LogP contribution in [0.5, 0.6) is 5.75 Å². The smallest absolute Gasteiger partial charge is 0.227 e. The number of carbonyl (C=O) groups excluding carboxylic acids is 2. The lowest BCUT2D eigenvalue weighted by Gasteiger charge is -2.31. The van der Waals surface area contributed by atoms with E-state index in [9.17, 15) is 9.59 Å². The SMILES string of the molecule is CN(C)CCc1ccc(NC(=O)C2CCN(C(=O)CCOc3ccccc3)CC2)cc1. The molecule has 1 aliphatic rings. The molecule has 0 saturated carbocycles. The van der Waals surface area contributed by atoms with Gasteiger partial charge in [-0.1, -0.05) is 30.3 Å². The molecule has 1 N–H and O–H groups in total. The molecule has 6 nitrogen and oxygen atoms in total. The Labute approximate surface area is 185 Å². The summed E-state index contributed by atoms with van der Waals surface area (Å²) in [5, 5.41) is 3.03. The summed E-state index contributed by atoms with van der Waals surface area (Å²) in [6.45, 7) is 2.60. The van der Waals surface area contributed by atoms with E-state index in [0.717, 1.165) is 24.4 Å². The van der Waals surface area contributed by atoms with E-state index in [1.54, 1.807) is 0 Å². The molecule has 0 aliphatic carbocycles. The van der Waals surface area contributed by atoms with E-state index in [-0.39, 0.29) is 17.7 Å². The molecule has 0 spiro atoms. The number of hydrogen-bond donors (Lipinski definition) is 1. The van der Waals surface area contributed by atoms with Crippen molar-refractivity contribution in [2.75, 3.05) is 45.7 Å². The Bertz CT molecular complexity index is 829. The molecule has 1 fully saturated rings. The van der Waals surface area contributed by atoms with Crippen molar-refractivity contribution in [1.29, 1.82) is 0 Å². The number of anilines is 1. The van der Waals surface area contributed by atoms with Crippen molar-refractivity contribution >= 4 is 17.5 Å². The summed E-state index contributed by atoms with van der Waals surface area (Å²) in [6.07, 6.45) is 2.73. The number of ether oxygens (including phenoxy) is 1. The van der Waals surface area contributed by atoms with Crippen LogP contribution in [0.15, 0.2) is 54.6 Å². The molecule has 3 rings (SSSR count). The number of para-hydroxylation sites is 1. The number of nitrogens with zero attached hydrogens (tertiary/aromatic N) is 2. The highest BCUT2D eigenvalue weighted by atomic mass is 16.5. The van der Waals surface area contributed by atoms with Crippen LogP contribution >= 0.6 is 0 Å². The first-order valence-electron chi connectivity index (χ1n) is 11.0. The van der Waals surface area contributed by atoms with Gasteiger partial charge in [0.2, 0.25) is 11.8 Å². The van der Waals surface area contributed by atoms with Crippen molar-refractivity contribution in [1.82, 2.24) is 9.80 Å². The van der Waals surface area contributed by atoms with Crippen molar-refractivity contribution in [2.24, 2.45) is 5.92 Å². The zero-order valence-corrected chi connectivity index (χ0v) is 18.5. The van der Waals surface area contributed by atoms with Crippen LogP contribution in [0.2, 0.25) is 0 Å². The second kappa shape index (κ2) is 11.5. The van der Waals surface area contributed by atoms with Crippen LogP contribution in [-0.4, -0.2) is 62.0 Å². The predicted octanol–water partition coefficient (Wildman–Crippen LogP) is 3.44. The van der Waals surface area contributed by atoms with Crippen molar-refractivity contribution in [3.8, 4) is 5.75 Å². The van der Waals surface area contributed by atoms with E-state index < -0.39 is 0 Å². The molecule has 1 heterocycles. The van der Waals surface area contributed by atoms with Gasteiger partial charge in [-0.05, 0) is 63.2 Å². The topological polar surface area (TPSA) is 61.9 Å². The molecule has 166 valence electrons. The average Bonchev–Trinajstić information content (AvgIpc) is 2.79. The Morgan fingerprint density at radius 1 is 1.03 bits per heavy atom. The van der Waals surface area contributed by atoms with Crippen molar-refractivity contribution in [3.05, 3.63) is 60.2 Å². The number of carbonyl (C=O) groups is 2.